The highest BCUT2D eigenvalue weighted by molar-refractivity contribution is 5.94. The fraction of sp³-hybridized carbons (Fsp3) is 0.500. The van der Waals surface area contributed by atoms with Crippen molar-refractivity contribution in [3.8, 4) is 5.75 Å². The highest BCUT2D eigenvalue weighted by Gasteiger charge is 2.34. The molecule has 0 saturated carbocycles. The van der Waals surface area contributed by atoms with Crippen LogP contribution in [0.4, 0.5) is 0 Å². The van der Waals surface area contributed by atoms with Gasteiger partial charge in [0.1, 0.15) is 12.4 Å². The number of aryl methyl sites for hydroxylation is 1. The summed E-state index contributed by atoms with van der Waals surface area (Å²) in [6, 6.07) is 9.11. The molecule has 7 heteroatoms. The van der Waals surface area contributed by atoms with Gasteiger partial charge in [-0.05, 0) is 44.5 Å². The van der Waals surface area contributed by atoms with Crippen LogP contribution >= 0.6 is 0 Å². The largest absolute Gasteiger partial charge is 0.491 e. The summed E-state index contributed by atoms with van der Waals surface area (Å²) in [5, 5.41) is 17.5. The van der Waals surface area contributed by atoms with Crippen LogP contribution in [0.25, 0.3) is 0 Å². The zero-order chi connectivity index (χ0) is 19.2. The van der Waals surface area contributed by atoms with Crippen molar-refractivity contribution < 1.29 is 19.4 Å². The standard InChI is InChI=1S/C20H27N3O4/c1-3-26-7-8-27-18-6-4-5-15(11-18)20(25)23-12-16(19(24)13-23)10-17-9-14(2)21-22-17/h4-6,9,11,16,19,24H,3,7-8,10,12-13H2,1-2H3,(H,21,22)/t16-,19+/m1/s1. The third-order valence-corrected chi connectivity index (χ3v) is 4.71. The van der Waals surface area contributed by atoms with E-state index in [1.165, 1.54) is 0 Å². The first-order valence-corrected chi connectivity index (χ1v) is 9.35. The second kappa shape index (κ2) is 9.01. The minimum Gasteiger partial charge on any atom is -0.491 e. The van der Waals surface area contributed by atoms with Crippen molar-refractivity contribution in [2.75, 3.05) is 32.9 Å². The maximum Gasteiger partial charge on any atom is 0.254 e. The molecule has 3 rings (SSSR count). The Morgan fingerprint density at radius 2 is 2.19 bits per heavy atom. The number of aromatic nitrogens is 2. The van der Waals surface area contributed by atoms with Crippen LogP contribution in [0.1, 0.15) is 28.7 Å². The first-order valence-electron chi connectivity index (χ1n) is 9.35. The lowest BCUT2D eigenvalue weighted by Crippen LogP contribution is -2.29. The van der Waals surface area contributed by atoms with Gasteiger partial charge in [0.2, 0.25) is 0 Å². The number of carbonyl (C=O) groups excluding carboxylic acids is 1. The Hall–Kier alpha value is -2.38. The van der Waals surface area contributed by atoms with E-state index in [0.717, 1.165) is 11.4 Å². The quantitative estimate of drug-likeness (QED) is 0.689. The van der Waals surface area contributed by atoms with Crippen LogP contribution in [-0.2, 0) is 11.2 Å². The Bertz CT molecular complexity index is 761. The zero-order valence-electron chi connectivity index (χ0n) is 15.9. The van der Waals surface area contributed by atoms with Crippen molar-refractivity contribution >= 4 is 5.91 Å². The van der Waals surface area contributed by atoms with E-state index in [4.69, 9.17) is 9.47 Å². The van der Waals surface area contributed by atoms with Gasteiger partial charge in [-0.1, -0.05) is 6.07 Å². The highest BCUT2D eigenvalue weighted by atomic mass is 16.5. The van der Waals surface area contributed by atoms with E-state index in [-0.39, 0.29) is 11.8 Å². The number of carbonyl (C=O) groups is 1. The number of amides is 1. The van der Waals surface area contributed by atoms with E-state index in [1.807, 2.05) is 26.0 Å². The number of rotatable bonds is 8. The normalized spacial score (nSPS) is 19.4. The molecule has 1 saturated heterocycles. The summed E-state index contributed by atoms with van der Waals surface area (Å²) in [6.45, 7) is 6.34. The van der Waals surface area contributed by atoms with Crippen molar-refractivity contribution in [1.82, 2.24) is 15.1 Å². The molecule has 1 aromatic carbocycles. The number of hydrogen-bond acceptors (Lipinski definition) is 5. The molecule has 0 bridgehead atoms. The van der Waals surface area contributed by atoms with E-state index in [9.17, 15) is 9.90 Å². The Morgan fingerprint density at radius 3 is 2.93 bits per heavy atom. The van der Waals surface area contributed by atoms with Gasteiger partial charge in [0.15, 0.2) is 0 Å². The number of benzene rings is 1. The number of H-pyrrole nitrogens is 1. The molecular weight excluding hydrogens is 346 g/mol. The molecule has 146 valence electrons. The average molecular weight is 373 g/mol. The zero-order valence-corrected chi connectivity index (χ0v) is 15.9. The molecule has 0 aliphatic carbocycles. The van der Waals surface area contributed by atoms with E-state index < -0.39 is 6.10 Å². The third kappa shape index (κ3) is 5.08. The molecule has 7 nitrogen and oxygen atoms in total. The second-order valence-electron chi connectivity index (χ2n) is 6.86. The molecule has 1 aromatic heterocycles. The molecule has 1 aliphatic rings. The van der Waals surface area contributed by atoms with Crippen LogP contribution in [0, 0.1) is 12.8 Å². The number of aromatic amines is 1. The van der Waals surface area contributed by atoms with Crippen molar-refractivity contribution in [2.45, 2.75) is 26.4 Å². The molecule has 0 unspecified atom stereocenters. The van der Waals surface area contributed by atoms with Gasteiger partial charge in [0.05, 0.1) is 18.4 Å². The second-order valence-corrected chi connectivity index (χ2v) is 6.86. The number of nitrogens with zero attached hydrogens (tertiary/aromatic N) is 2. The highest BCUT2D eigenvalue weighted by Crippen LogP contribution is 2.24. The first-order chi connectivity index (χ1) is 13.1. The fourth-order valence-corrected chi connectivity index (χ4v) is 3.33. The molecule has 1 fully saturated rings. The molecule has 0 spiro atoms. The van der Waals surface area contributed by atoms with Gasteiger partial charge in [-0.2, -0.15) is 5.10 Å². The number of hydrogen-bond donors (Lipinski definition) is 2. The smallest absolute Gasteiger partial charge is 0.254 e. The van der Waals surface area contributed by atoms with Gasteiger partial charge < -0.3 is 19.5 Å². The molecule has 2 atom stereocenters. The van der Waals surface area contributed by atoms with Gasteiger partial charge in [0.25, 0.3) is 5.91 Å². The Morgan fingerprint density at radius 1 is 1.33 bits per heavy atom. The molecule has 1 aliphatic heterocycles. The van der Waals surface area contributed by atoms with Crippen LogP contribution in [-0.4, -0.2) is 65.1 Å². The molecule has 2 heterocycles. The molecule has 2 N–H and O–H groups in total. The third-order valence-electron chi connectivity index (χ3n) is 4.71. The van der Waals surface area contributed by atoms with Crippen LogP contribution in [0.5, 0.6) is 5.75 Å². The van der Waals surface area contributed by atoms with Crippen molar-refractivity contribution in [1.29, 1.82) is 0 Å². The number of aliphatic hydroxyl groups is 1. The van der Waals surface area contributed by atoms with E-state index in [1.54, 1.807) is 23.1 Å². The summed E-state index contributed by atoms with van der Waals surface area (Å²) >= 11 is 0. The van der Waals surface area contributed by atoms with Crippen LogP contribution in [0.2, 0.25) is 0 Å². The summed E-state index contributed by atoms with van der Waals surface area (Å²) in [5.74, 6) is 0.538. The van der Waals surface area contributed by atoms with Crippen molar-refractivity contribution in [2.24, 2.45) is 5.92 Å². The number of β-amino-alcohol motifs (C(OH)–C–C–N with tert-alkyl or cyclic N) is 1. The van der Waals surface area contributed by atoms with Crippen molar-refractivity contribution in [3.05, 3.63) is 47.3 Å². The predicted molar refractivity (Wildman–Crippen MR) is 101 cm³/mol. The number of ether oxygens (including phenoxy) is 2. The minimum absolute atomic E-state index is 0.0118. The molecular formula is C20H27N3O4. The summed E-state index contributed by atoms with van der Waals surface area (Å²) in [5.41, 5.74) is 2.47. The topological polar surface area (TPSA) is 87.7 Å². The Kier molecular flexibility index (Phi) is 6.47. The lowest BCUT2D eigenvalue weighted by Gasteiger charge is -2.16. The number of nitrogens with one attached hydrogen (secondary N) is 1. The fourth-order valence-electron chi connectivity index (χ4n) is 3.33. The minimum atomic E-state index is -0.545. The van der Waals surface area contributed by atoms with Crippen LogP contribution in [0.3, 0.4) is 0 Å². The average Bonchev–Trinajstić information content (AvgIpc) is 3.24. The SMILES string of the molecule is CCOCCOc1cccc(C(=O)N2C[C@@H](Cc3cc(C)[nH]n3)[C@@H](O)C2)c1. The van der Waals surface area contributed by atoms with Gasteiger partial charge in [-0.15, -0.1) is 0 Å². The van der Waals surface area contributed by atoms with E-state index >= 15 is 0 Å². The van der Waals surface area contributed by atoms with Crippen LogP contribution in [0.15, 0.2) is 30.3 Å². The lowest BCUT2D eigenvalue weighted by molar-refractivity contribution is 0.0764. The van der Waals surface area contributed by atoms with E-state index in [2.05, 4.69) is 10.2 Å². The number of aliphatic hydroxyl groups excluding tert-OH is 1. The summed E-state index contributed by atoms with van der Waals surface area (Å²) in [7, 11) is 0. The summed E-state index contributed by atoms with van der Waals surface area (Å²) in [6.07, 6.45) is 0.104. The number of likely N-dealkylation sites (tertiary alicyclic amines) is 1. The lowest BCUT2D eigenvalue weighted by atomic mass is 10.0. The van der Waals surface area contributed by atoms with Gasteiger partial charge in [-0.3, -0.25) is 9.89 Å². The predicted octanol–water partition coefficient (Wildman–Crippen LogP) is 1.81. The van der Waals surface area contributed by atoms with E-state index in [0.29, 0.717) is 50.6 Å². The first kappa shape index (κ1) is 19.4. The Labute approximate surface area is 159 Å². The maximum absolute atomic E-state index is 12.8. The molecule has 2 aromatic rings. The van der Waals surface area contributed by atoms with Crippen molar-refractivity contribution in [3.63, 3.8) is 0 Å². The molecule has 27 heavy (non-hydrogen) atoms. The maximum atomic E-state index is 12.8. The van der Waals surface area contributed by atoms with Gasteiger partial charge in [-0.25, -0.2) is 0 Å². The Balaban J connectivity index is 1.59. The summed E-state index contributed by atoms with van der Waals surface area (Å²) < 4.78 is 10.9. The monoisotopic (exact) mass is 373 g/mol. The van der Waals surface area contributed by atoms with Crippen LogP contribution < -0.4 is 4.74 Å². The molecule has 1 amide bonds. The van der Waals surface area contributed by atoms with Gasteiger partial charge in [0, 0.05) is 36.9 Å². The summed E-state index contributed by atoms with van der Waals surface area (Å²) in [4.78, 5) is 14.5. The molecule has 0 radical (unpaired) electrons. The van der Waals surface area contributed by atoms with Gasteiger partial charge >= 0.3 is 0 Å².